The molecule has 1 N–H and O–H groups in total. The van der Waals surface area contributed by atoms with Crippen molar-refractivity contribution >= 4 is 24.2 Å². The smallest absolute Gasteiger partial charge is 0.253 e. The second kappa shape index (κ2) is 9.06. The number of piperazine rings is 1. The van der Waals surface area contributed by atoms with Gasteiger partial charge in [0.1, 0.15) is 5.75 Å². The van der Waals surface area contributed by atoms with Crippen molar-refractivity contribution in [3.8, 4) is 5.75 Å². The van der Waals surface area contributed by atoms with Gasteiger partial charge in [0.25, 0.3) is 5.91 Å². The van der Waals surface area contributed by atoms with E-state index in [1.54, 1.807) is 31.4 Å². The van der Waals surface area contributed by atoms with Crippen LogP contribution in [0.4, 0.5) is 0 Å². The van der Waals surface area contributed by atoms with E-state index in [1.807, 2.05) is 9.80 Å². The van der Waals surface area contributed by atoms with E-state index in [4.69, 9.17) is 4.74 Å². The van der Waals surface area contributed by atoms with E-state index in [0.717, 1.165) is 31.7 Å². The normalized spacial score (nSPS) is 20.6. The van der Waals surface area contributed by atoms with Gasteiger partial charge >= 0.3 is 0 Å². The van der Waals surface area contributed by atoms with Gasteiger partial charge in [-0.1, -0.05) is 0 Å². The first-order valence-electron chi connectivity index (χ1n) is 8.62. The van der Waals surface area contributed by atoms with Crippen molar-refractivity contribution in [3.05, 3.63) is 29.8 Å². The molecule has 25 heavy (non-hydrogen) atoms. The molecule has 2 amide bonds. The summed E-state index contributed by atoms with van der Waals surface area (Å²) in [5.41, 5.74) is 0.659. The largest absolute Gasteiger partial charge is 0.497 e. The molecule has 0 radical (unpaired) electrons. The van der Waals surface area contributed by atoms with E-state index in [1.165, 1.54) is 0 Å². The molecule has 2 aliphatic rings. The average molecular weight is 368 g/mol. The van der Waals surface area contributed by atoms with E-state index in [2.05, 4.69) is 5.32 Å². The first kappa shape index (κ1) is 19.5. The van der Waals surface area contributed by atoms with Gasteiger partial charge in [0.05, 0.1) is 13.0 Å². The SMILES string of the molecule is COc1ccc(C(=O)N2CCN(C(=O)C3CCCNC3)CC2)cc1.Cl. The van der Waals surface area contributed by atoms with Crippen LogP contribution in [0.1, 0.15) is 23.2 Å². The highest BCUT2D eigenvalue weighted by Crippen LogP contribution is 2.17. The van der Waals surface area contributed by atoms with Gasteiger partial charge < -0.3 is 19.9 Å². The van der Waals surface area contributed by atoms with Crippen LogP contribution in [0.5, 0.6) is 5.75 Å². The van der Waals surface area contributed by atoms with E-state index >= 15 is 0 Å². The quantitative estimate of drug-likeness (QED) is 0.877. The molecule has 0 bridgehead atoms. The Balaban J connectivity index is 0.00000225. The molecule has 1 aromatic rings. The van der Waals surface area contributed by atoms with Crippen molar-refractivity contribution in [2.24, 2.45) is 5.92 Å². The molecule has 2 heterocycles. The molecule has 0 spiro atoms. The number of piperidine rings is 1. The second-order valence-electron chi connectivity index (χ2n) is 6.39. The maximum Gasteiger partial charge on any atom is 0.253 e. The fourth-order valence-corrected chi connectivity index (χ4v) is 3.37. The Hall–Kier alpha value is -1.79. The highest BCUT2D eigenvalue weighted by Gasteiger charge is 2.29. The lowest BCUT2D eigenvalue weighted by Gasteiger charge is -2.37. The first-order chi connectivity index (χ1) is 11.7. The van der Waals surface area contributed by atoms with Gasteiger partial charge in [0.15, 0.2) is 0 Å². The molecule has 2 fully saturated rings. The van der Waals surface area contributed by atoms with Crippen molar-refractivity contribution in [1.82, 2.24) is 15.1 Å². The van der Waals surface area contributed by atoms with Crippen LogP contribution in [-0.2, 0) is 4.79 Å². The van der Waals surface area contributed by atoms with Gasteiger partial charge in [0.2, 0.25) is 5.91 Å². The Bertz CT molecular complexity index is 580. The molecule has 1 atom stereocenters. The summed E-state index contributed by atoms with van der Waals surface area (Å²) in [5.74, 6) is 1.09. The summed E-state index contributed by atoms with van der Waals surface area (Å²) in [5, 5.41) is 3.29. The summed E-state index contributed by atoms with van der Waals surface area (Å²) < 4.78 is 5.12. The third kappa shape index (κ3) is 4.64. The maximum atomic E-state index is 12.5. The number of nitrogens with one attached hydrogen (secondary N) is 1. The lowest BCUT2D eigenvalue weighted by molar-refractivity contribution is -0.137. The van der Waals surface area contributed by atoms with Crippen LogP contribution in [0.2, 0.25) is 0 Å². The molecule has 0 aliphatic carbocycles. The van der Waals surface area contributed by atoms with Crippen molar-refractivity contribution in [3.63, 3.8) is 0 Å². The minimum Gasteiger partial charge on any atom is -0.497 e. The fourth-order valence-electron chi connectivity index (χ4n) is 3.37. The number of carbonyl (C=O) groups excluding carboxylic acids is 2. The number of methoxy groups -OCH3 is 1. The van der Waals surface area contributed by atoms with Crippen molar-refractivity contribution in [2.75, 3.05) is 46.4 Å². The molecular formula is C18H26ClN3O3. The molecule has 1 aromatic carbocycles. The zero-order valence-corrected chi connectivity index (χ0v) is 15.4. The number of hydrogen-bond donors (Lipinski definition) is 1. The summed E-state index contributed by atoms with van der Waals surface area (Å²) in [6.45, 7) is 4.22. The monoisotopic (exact) mass is 367 g/mol. The number of benzene rings is 1. The van der Waals surface area contributed by atoms with Crippen LogP contribution >= 0.6 is 12.4 Å². The van der Waals surface area contributed by atoms with Crippen LogP contribution in [-0.4, -0.2) is 68.0 Å². The highest BCUT2D eigenvalue weighted by molar-refractivity contribution is 5.94. The number of ether oxygens (including phenoxy) is 1. The zero-order valence-electron chi connectivity index (χ0n) is 14.6. The number of carbonyl (C=O) groups is 2. The summed E-state index contributed by atoms with van der Waals surface area (Å²) in [4.78, 5) is 28.8. The standard InChI is InChI=1S/C18H25N3O3.ClH/c1-24-16-6-4-14(5-7-16)17(22)20-9-11-21(12-10-20)18(23)15-3-2-8-19-13-15;/h4-7,15,19H,2-3,8-13H2,1H3;1H. The Morgan fingerprint density at radius 1 is 1.08 bits per heavy atom. The van der Waals surface area contributed by atoms with Gasteiger partial charge in [0, 0.05) is 38.3 Å². The summed E-state index contributed by atoms with van der Waals surface area (Å²) in [6.07, 6.45) is 2.03. The Kier molecular flexibility index (Phi) is 7.08. The van der Waals surface area contributed by atoms with Crippen molar-refractivity contribution in [1.29, 1.82) is 0 Å². The van der Waals surface area contributed by atoms with Gasteiger partial charge in [-0.25, -0.2) is 0 Å². The molecule has 0 saturated carbocycles. The van der Waals surface area contributed by atoms with Crippen LogP contribution in [0.25, 0.3) is 0 Å². The Morgan fingerprint density at radius 2 is 1.72 bits per heavy atom. The molecule has 6 nitrogen and oxygen atoms in total. The fraction of sp³-hybridized carbons (Fsp3) is 0.556. The van der Waals surface area contributed by atoms with Crippen LogP contribution in [0.3, 0.4) is 0 Å². The molecule has 7 heteroatoms. The Morgan fingerprint density at radius 3 is 2.28 bits per heavy atom. The van der Waals surface area contributed by atoms with Gasteiger partial charge in [-0.3, -0.25) is 9.59 Å². The van der Waals surface area contributed by atoms with E-state index in [-0.39, 0.29) is 30.1 Å². The number of nitrogens with zero attached hydrogens (tertiary/aromatic N) is 2. The van der Waals surface area contributed by atoms with Crippen LogP contribution in [0.15, 0.2) is 24.3 Å². The minimum atomic E-state index is 0. The number of rotatable bonds is 3. The third-order valence-electron chi connectivity index (χ3n) is 4.86. The predicted octanol–water partition coefficient (Wildman–Crippen LogP) is 1.40. The highest BCUT2D eigenvalue weighted by atomic mass is 35.5. The molecule has 2 aliphatic heterocycles. The van der Waals surface area contributed by atoms with Crippen molar-refractivity contribution < 1.29 is 14.3 Å². The van der Waals surface area contributed by atoms with E-state index < -0.39 is 0 Å². The predicted molar refractivity (Wildman–Crippen MR) is 98.3 cm³/mol. The van der Waals surface area contributed by atoms with Crippen LogP contribution < -0.4 is 10.1 Å². The molecule has 1 unspecified atom stereocenters. The number of halogens is 1. The van der Waals surface area contributed by atoms with Crippen LogP contribution in [0, 0.1) is 5.92 Å². The summed E-state index contributed by atoms with van der Waals surface area (Å²) >= 11 is 0. The third-order valence-corrected chi connectivity index (χ3v) is 4.86. The average Bonchev–Trinajstić information content (AvgIpc) is 2.68. The number of amides is 2. The Labute approximate surface area is 154 Å². The summed E-state index contributed by atoms with van der Waals surface area (Å²) in [6, 6.07) is 7.16. The molecule has 3 rings (SSSR count). The van der Waals surface area contributed by atoms with E-state index in [9.17, 15) is 9.59 Å². The van der Waals surface area contributed by atoms with E-state index in [0.29, 0.717) is 31.7 Å². The minimum absolute atomic E-state index is 0. The molecule has 138 valence electrons. The molecular weight excluding hydrogens is 342 g/mol. The topological polar surface area (TPSA) is 61.9 Å². The van der Waals surface area contributed by atoms with Gasteiger partial charge in [-0.15, -0.1) is 12.4 Å². The maximum absolute atomic E-state index is 12.5. The lowest BCUT2D eigenvalue weighted by atomic mass is 9.98. The van der Waals surface area contributed by atoms with Gasteiger partial charge in [-0.05, 0) is 43.7 Å². The molecule has 0 aromatic heterocycles. The lowest BCUT2D eigenvalue weighted by Crippen LogP contribution is -2.53. The summed E-state index contributed by atoms with van der Waals surface area (Å²) in [7, 11) is 1.61. The van der Waals surface area contributed by atoms with Gasteiger partial charge in [-0.2, -0.15) is 0 Å². The first-order valence-corrected chi connectivity index (χ1v) is 8.62. The second-order valence-corrected chi connectivity index (χ2v) is 6.39. The molecule has 2 saturated heterocycles. The zero-order chi connectivity index (χ0) is 16.9. The van der Waals surface area contributed by atoms with Crippen molar-refractivity contribution in [2.45, 2.75) is 12.8 Å². The number of hydrogen-bond acceptors (Lipinski definition) is 4.